The second-order valence-corrected chi connectivity index (χ2v) is 3.31. The maximum absolute atomic E-state index is 3.92. The highest BCUT2D eigenvalue weighted by Crippen LogP contribution is 2.08. The van der Waals surface area contributed by atoms with E-state index in [-0.39, 0.29) is 0 Å². The minimum absolute atomic E-state index is 0.863. The van der Waals surface area contributed by atoms with Crippen LogP contribution in [0.15, 0.2) is 30.3 Å². The SMILES string of the molecule is [c]1nnc(Cc2ccccc2)s1. The minimum atomic E-state index is 0.863. The molecule has 0 fully saturated rings. The molecule has 0 aliphatic carbocycles. The zero-order valence-corrected chi connectivity index (χ0v) is 7.21. The van der Waals surface area contributed by atoms with Crippen molar-refractivity contribution in [2.24, 2.45) is 0 Å². The van der Waals surface area contributed by atoms with Crippen molar-refractivity contribution < 1.29 is 0 Å². The summed E-state index contributed by atoms with van der Waals surface area (Å²) in [6.45, 7) is 0. The molecular weight excluding hydrogens is 168 g/mol. The Balaban J connectivity index is 2.15. The van der Waals surface area contributed by atoms with E-state index in [1.165, 1.54) is 16.9 Å². The third-order valence-electron chi connectivity index (χ3n) is 1.56. The van der Waals surface area contributed by atoms with Crippen molar-refractivity contribution in [2.45, 2.75) is 6.42 Å². The van der Waals surface area contributed by atoms with Crippen molar-refractivity contribution >= 4 is 11.3 Å². The zero-order chi connectivity index (χ0) is 8.23. The monoisotopic (exact) mass is 175 g/mol. The van der Waals surface area contributed by atoms with Crippen LogP contribution in [0.4, 0.5) is 0 Å². The van der Waals surface area contributed by atoms with Gasteiger partial charge in [0.15, 0.2) is 5.51 Å². The van der Waals surface area contributed by atoms with Gasteiger partial charge in [-0.2, -0.15) is 0 Å². The topological polar surface area (TPSA) is 25.8 Å². The summed E-state index contributed by atoms with van der Waals surface area (Å²) in [5.41, 5.74) is 4.00. The first-order valence-corrected chi connectivity index (χ1v) is 4.49. The van der Waals surface area contributed by atoms with Crippen LogP contribution in [0.3, 0.4) is 0 Å². The van der Waals surface area contributed by atoms with Crippen molar-refractivity contribution in [2.75, 3.05) is 0 Å². The molecule has 0 saturated carbocycles. The van der Waals surface area contributed by atoms with Crippen LogP contribution < -0.4 is 0 Å². The van der Waals surface area contributed by atoms with E-state index >= 15 is 0 Å². The molecule has 1 aromatic carbocycles. The summed E-state index contributed by atoms with van der Waals surface area (Å²) >= 11 is 1.47. The van der Waals surface area contributed by atoms with Crippen LogP contribution >= 0.6 is 11.3 Å². The van der Waals surface area contributed by atoms with E-state index in [1.54, 1.807) is 0 Å². The predicted molar refractivity (Wildman–Crippen MR) is 48.0 cm³/mol. The van der Waals surface area contributed by atoms with Gasteiger partial charge in [-0.1, -0.05) is 41.7 Å². The van der Waals surface area contributed by atoms with Gasteiger partial charge < -0.3 is 0 Å². The van der Waals surface area contributed by atoms with Crippen LogP contribution in [0, 0.1) is 5.51 Å². The van der Waals surface area contributed by atoms with E-state index in [9.17, 15) is 0 Å². The van der Waals surface area contributed by atoms with Gasteiger partial charge >= 0.3 is 0 Å². The lowest BCUT2D eigenvalue weighted by Crippen LogP contribution is -1.85. The van der Waals surface area contributed by atoms with Crippen molar-refractivity contribution in [1.29, 1.82) is 0 Å². The normalized spacial score (nSPS) is 10.0. The molecule has 3 heteroatoms. The fourth-order valence-electron chi connectivity index (χ4n) is 1.01. The molecule has 0 N–H and O–H groups in total. The van der Waals surface area contributed by atoms with E-state index in [1.807, 2.05) is 18.2 Å². The Morgan fingerprint density at radius 3 is 2.75 bits per heavy atom. The number of hydrogen-bond acceptors (Lipinski definition) is 3. The summed E-state index contributed by atoms with van der Waals surface area (Å²) < 4.78 is 0. The Bertz CT molecular complexity index is 329. The summed E-state index contributed by atoms with van der Waals surface area (Å²) in [5.74, 6) is 0. The molecule has 0 atom stereocenters. The molecule has 0 unspecified atom stereocenters. The van der Waals surface area contributed by atoms with Crippen LogP contribution in [0.2, 0.25) is 0 Å². The molecule has 0 aliphatic heterocycles. The standard InChI is InChI=1S/C9H7N2S/c1-2-4-8(5-3-1)6-9-11-10-7-12-9/h1-5H,6H2. The maximum Gasteiger partial charge on any atom is 0.178 e. The molecule has 0 bridgehead atoms. The lowest BCUT2D eigenvalue weighted by atomic mass is 10.2. The largest absolute Gasteiger partial charge is 0.178 e. The summed E-state index contributed by atoms with van der Waals surface area (Å²) in [7, 11) is 0. The molecule has 1 aromatic heterocycles. The van der Waals surface area contributed by atoms with Gasteiger partial charge in [-0.25, -0.2) is 0 Å². The number of rotatable bonds is 2. The smallest absolute Gasteiger partial charge is 0.143 e. The first-order chi connectivity index (χ1) is 5.95. The van der Waals surface area contributed by atoms with Gasteiger partial charge in [-0.05, 0) is 5.56 Å². The lowest BCUT2D eigenvalue weighted by molar-refractivity contribution is 1.000. The second-order valence-electron chi connectivity index (χ2n) is 2.45. The van der Waals surface area contributed by atoms with Crippen LogP contribution in [0.25, 0.3) is 0 Å². The van der Waals surface area contributed by atoms with Crippen molar-refractivity contribution in [3.8, 4) is 0 Å². The molecule has 0 spiro atoms. The summed E-state index contributed by atoms with van der Waals surface area (Å²) in [4.78, 5) is 0. The maximum atomic E-state index is 3.92. The van der Waals surface area contributed by atoms with Gasteiger partial charge in [-0.3, -0.25) is 0 Å². The van der Waals surface area contributed by atoms with E-state index in [2.05, 4.69) is 27.8 Å². The molecule has 0 saturated heterocycles. The third kappa shape index (κ3) is 1.68. The van der Waals surface area contributed by atoms with Gasteiger partial charge in [0.2, 0.25) is 0 Å². The quantitative estimate of drug-likeness (QED) is 0.697. The second kappa shape index (κ2) is 3.45. The van der Waals surface area contributed by atoms with E-state index < -0.39 is 0 Å². The first kappa shape index (κ1) is 7.43. The average molecular weight is 175 g/mol. The molecule has 0 amide bonds. The Labute approximate surface area is 74.9 Å². The van der Waals surface area contributed by atoms with Crippen LogP contribution in [-0.2, 0) is 6.42 Å². The van der Waals surface area contributed by atoms with Gasteiger partial charge in [0, 0.05) is 6.42 Å². The van der Waals surface area contributed by atoms with Crippen LogP contribution in [-0.4, -0.2) is 10.2 Å². The molecule has 1 heterocycles. The number of benzene rings is 1. The van der Waals surface area contributed by atoms with Crippen LogP contribution in [0.5, 0.6) is 0 Å². The van der Waals surface area contributed by atoms with Crippen molar-refractivity contribution in [1.82, 2.24) is 10.2 Å². The highest BCUT2D eigenvalue weighted by Gasteiger charge is 1.97. The van der Waals surface area contributed by atoms with Gasteiger partial charge in [0.1, 0.15) is 5.01 Å². The molecule has 59 valence electrons. The van der Waals surface area contributed by atoms with E-state index in [4.69, 9.17) is 0 Å². The molecule has 1 radical (unpaired) electrons. The Morgan fingerprint density at radius 2 is 2.08 bits per heavy atom. The predicted octanol–water partition coefficient (Wildman–Crippen LogP) is 1.93. The Hall–Kier alpha value is -1.22. The van der Waals surface area contributed by atoms with Crippen molar-refractivity contribution in [3.63, 3.8) is 0 Å². The number of hydrogen-bond donors (Lipinski definition) is 0. The van der Waals surface area contributed by atoms with Crippen molar-refractivity contribution in [3.05, 3.63) is 46.4 Å². The summed E-state index contributed by atoms with van der Waals surface area (Å²) in [6.07, 6.45) is 0.863. The number of nitrogens with zero attached hydrogens (tertiary/aromatic N) is 2. The first-order valence-electron chi connectivity index (χ1n) is 3.67. The van der Waals surface area contributed by atoms with E-state index in [0.29, 0.717) is 0 Å². The molecule has 2 nitrogen and oxygen atoms in total. The third-order valence-corrected chi connectivity index (χ3v) is 2.20. The molecule has 0 aliphatic rings. The summed E-state index contributed by atoms with van der Waals surface area (Å²) in [5, 5.41) is 8.60. The zero-order valence-electron chi connectivity index (χ0n) is 6.40. The molecule has 2 aromatic rings. The molecule has 2 rings (SSSR count). The fourth-order valence-corrected chi connectivity index (χ4v) is 1.52. The Morgan fingerprint density at radius 1 is 1.25 bits per heavy atom. The van der Waals surface area contributed by atoms with E-state index in [0.717, 1.165) is 11.4 Å². The summed E-state index contributed by atoms with van der Waals surface area (Å²) in [6, 6.07) is 10.2. The fraction of sp³-hybridized carbons (Fsp3) is 0.111. The van der Waals surface area contributed by atoms with Gasteiger partial charge in [0.05, 0.1) is 0 Å². The highest BCUT2D eigenvalue weighted by molar-refractivity contribution is 7.08. The lowest BCUT2D eigenvalue weighted by Gasteiger charge is -1.94. The van der Waals surface area contributed by atoms with Gasteiger partial charge in [-0.15, -0.1) is 10.2 Å². The Kier molecular flexibility index (Phi) is 2.14. The minimum Gasteiger partial charge on any atom is -0.143 e. The average Bonchev–Trinajstić information content (AvgIpc) is 2.59. The van der Waals surface area contributed by atoms with Gasteiger partial charge in [0.25, 0.3) is 0 Å². The molecular formula is C9H7N2S. The number of aromatic nitrogens is 2. The van der Waals surface area contributed by atoms with Crippen LogP contribution in [0.1, 0.15) is 10.6 Å². The molecule has 12 heavy (non-hydrogen) atoms. The highest BCUT2D eigenvalue weighted by atomic mass is 32.1.